The molecule has 2 aromatic heterocycles. The Bertz CT molecular complexity index is 880. The van der Waals surface area contributed by atoms with Gasteiger partial charge in [-0.1, -0.05) is 12.1 Å². The largest absolute Gasteiger partial charge is 0.468 e. The van der Waals surface area contributed by atoms with Crippen LogP contribution in [0.3, 0.4) is 0 Å². The van der Waals surface area contributed by atoms with Gasteiger partial charge in [-0.05, 0) is 42.0 Å². The number of hydrogen-bond acceptors (Lipinski definition) is 5. The van der Waals surface area contributed by atoms with Gasteiger partial charge in [-0.3, -0.25) is 4.90 Å². The van der Waals surface area contributed by atoms with Crippen molar-refractivity contribution < 1.29 is 17.3 Å². The van der Waals surface area contributed by atoms with Crippen LogP contribution in [0.1, 0.15) is 17.1 Å². The fourth-order valence-corrected chi connectivity index (χ4v) is 3.66. The Morgan fingerprint density at radius 2 is 1.46 bits per heavy atom. The van der Waals surface area contributed by atoms with E-state index in [0.717, 1.165) is 17.1 Å². The van der Waals surface area contributed by atoms with E-state index in [9.17, 15) is 8.42 Å². The highest BCUT2D eigenvalue weighted by atomic mass is 32.2. The predicted molar refractivity (Wildman–Crippen MR) is 97.7 cm³/mol. The van der Waals surface area contributed by atoms with Crippen molar-refractivity contribution in [3.63, 3.8) is 0 Å². The minimum Gasteiger partial charge on any atom is -0.468 e. The molecule has 0 aliphatic carbocycles. The lowest BCUT2D eigenvalue weighted by molar-refractivity contribution is 0.209. The average molecular weight is 374 g/mol. The number of hydrogen-bond donors (Lipinski definition) is 0. The van der Waals surface area contributed by atoms with E-state index in [1.807, 2.05) is 30.3 Å². The highest BCUT2D eigenvalue weighted by Gasteiger charge is 2.18. The Morgan fingerprint density at radius 3 is 1.96 bits per heavy atom. The lowest BCUT2D eigenvalue weighted by Gasteiger charge is -2.21. The third kappa shape index (κ3) is 4.43. The molecule has 0 saturated heterocycles. The lowest BCUT2D eigenvalue weighted by atomic mass is 10.2. The summed E-state index contributed by atoms with van der Waals surface area (Å²) in [5, 5.41) is 0. The second-order valence-electron chi connectivity index (χ2n) is 6.24. The quantitative estimate of drug-likeness (QED) is 0.605. The summed E-state index contributed by atoms with van der Waals surface area (Å²) in [5.74, 6) is 1.68. The lowest BCUT2D eigenvalue weighted by Crippen LogP contribution is -2.24. The topological polar surface area (TPSA) is 66.9 Å². The minimum absolute atomic E-state index is 0.288. The molecule has 0 unspecified atom stereocenters. The third-order valence-electron chi connectivity index (χ3n) is 4.00. The van der Waals surface area contributed by atoms with Gasteiger partial charge < -0.3 is 8.83 Å². The van der Waals surface area contributed by atoms with Crippen LogP contribution in [0.5, 0.6) is 0 Å². The highest BCUT2D eigenvalue weighted by molar-refractivity contribution is 7.89. The van der Waals surface area contributed by atoms with Gasteiger partial charge in [0.2, 0.25) is 10.0 Å². The first kappa shape index (κ1) is 18.4. The molecular weight excluding hydrogens is 352 g/mol. The van der Waals surface area contributed by atoms with Crippen LogP contribution in [-0.4, -0.2) is 31.7 Å². The Labute approximate surface area is 153 Å². The number of nitrogens with zero attached hydrogens (tertiary/aromatic N) is 2. The average Bonchev–Trinajstić information content (AvgIpc) is 3.29. The van der Waals surface area contributed by atoms with Gasteiger partial charge in [0, 0.05) is 20.6 Å². The van der Waals surface area contributed by atoms with E-state index >= 15 is 0 Å². The third-order valence-corrected chi connectivity index (χ3v) is 5.81. The molecule has 3 aromatic rings. The van der Waals surface area contributed by atoms with Gasteiger partial charge in [0.1, 0.15) is 11.5 Å². The zero-order valence-corrected chi connectivity index (χ0v) is 15.6. The molecule has 0 saturated carbocycles. The number of furan rings is 2. The van der Waals surface area contributed by atoms with E-state index in [4.69, 9.17) is 8.83 Å². The van der Waals surface area contributed by atoms with Gasteiger partial charge in [0.25, 0.3) is 0 Å². The predicted octanol–water partition coefficient (Wildman–Crippen LogP) is 3.33. The SMILES string of the molecule is CN(C)S(=O)(=O)c1cccc(CN(Cc2ccco2)Cc2ccco2)c1. The van der Waals surface area contributed by atoms with Crippen LogP contribution in [0.4, 0.5) is 0 Å². The maximum atomic E-state index is 12.4. The van der Waals surface area contributed by atoms with Gasteiger partial charge in [-0.25, -0.2) is 12.7 Å². The van der Waals surface area contributed by atoms with Crippen molar-refractivity contribution in [1.29, 1.82) is 0 Å². The molecule has 6 nitrogen and oxygen atoms in total. The Morgan fingerprint density at radius 1 is 0.846 bits per heavy atom. The molecule has 0 aliphatic heterocycles. The van der Waals surface area contributed by atoms with E-state index in [2.05, 4.69) is 4.90 Å². The summed E-state index contributed by atoms with van der Waals surface area (Å²) >= 11 is 0. The summed E-state index contributed by atoms with van der Waals surface area (Å²) in [4.78, 5) is 2.43. The Kier molecular flexibility index (Phi) is 5.61. The monoisotopic (exact) mass is 374 g/mol. The van der Waals surface area contributed by atoms with E-state index in [1.165, 1.54) is 18.4 Å². The zero-order chi connectivity index (χ0) is 18.6. The second-order valence-corrected chi connectivity index (χ2v) is 8.39. The van der Waals surface area contributed by atoms with Crippen LogP contribution < -0.4 is 0 Å². The summed E-state index contributed by atoms with van der Waals surface area (Å²) in [5.41, 5.74) is 0.908. The Balaban J connectivity index is 1.82. The molecular formula is C19H22N2O4S. The molecule has 0 N–H and O–H groups in total. The molecule has 0 radical (unpaired) electrons. The number of rotatable bonds is 8. The van der Waals surface area contributed by atoms with E-state index in [-0.39, 0.29) is 4.90 Å². The molecule has 0 spiro atoms. The number of benzene rings is 1. The summed E-state index contributed by atoms with van der Waals surface area (Å²) in [6.07, 6.45) is 3.29. The van der Waals surface area contributed by atoms with Gasteiger partial charge in [0.05, 0.1) is 30.5 Å². The molecule has 26 heavy (non-hydrogen) atoms. The molecule has 138 valence electrons. The van der Waals surface area contributed by atoms with Crippen LogP contribution in [0.15, 0.2) is 74.8 Å². The highest BCUT2D eigenvalue weighted by Crippen LogP contribution is 2.19. The van der Waals surface area contributed by atoms with E-state index in [1.54, 1.807) is 30.7 Å². The molecule has 2 heterocycles. The maximum Gasteiger partial charge on any atom is 0.242 e. The summed E-state index contributed by atoms with van der Waals surface area (Å²) in [6, 6.07) is 14.6. The molecule has 0 aliphatic rings. The first-order chi connectivity index (χ1) is 12.4. The molecule has 3 rings (SSSR count). The van der Waals surface area contributed by atoms with Crippen molar-refractivity contribution in [2.24, 2.45) is 0 Å². The minimum atomic E-state index is -3.46. The van der Waals surface area contributed by atoms with E-state index < -0.39 is 10.0 Å². The number of sulfonamides is 1. The smallest absolute Gasteiger partial charge is 0.242 e. The van der Waals surface area contributed by atoms with Crippen molar-refractivity contribution in [2.75, 3.05) is 14.1 Å². The normalized spacial score (nSPS) is 12.2. The molecule has 1 aromatic carbocycles. The summed E-state index contributed by atoms with van der Waals surface area (Å²) in [6.45, 7) is 1.76. The van der Waals surface area contributed by atoms with Gasteiger partial charge in [-0.15, -0.1) is 0 Å². The van der Waals surface area contributed by atoms with E-state index in [0.29, 0.717) is 19.6 Å². The van der Waals surface area contributed by atoms with Crippen molar-refractivity contribution in [3.05, 3.63) is 78.1 Å². The first-order valence-electron chi connectivity index (χ1n) is 8.24. The summed E-state index contributed by atoms with van der Waals surface area (Å²) in [7, 11) is -0.398. The fourth-order valence-electron chi connectivity index (χ4n) is 2.69. The van der Waals surface area contributed by atoms with Crippen LogP contribution >= 0.6 is 0 Å². The van der Waals surface area contributed by atoms with Crippen molar-refractivity contribution in [1.82, 2.24) is 9.21 Å². The zero-order valence-electron chi connectivity index (χ0n) is 14.8. The van der Waals surface area contributed by atoms with Crippen molar-refractivity contribution in [3.8, 4) is 0 Å². The molecule has 0 amide bonds. The molecule has 0 bridgehead atoms. The van der Waals surface area contributed by atoms with Crippen LogP contribution in [0.2, 0.25) is 0 Å². The molecule has 7 heteroatoms. The van der Waals surface area contributed by atoms with Crippen LogP contribution in [-0.2, 0) is 29.7 Å². The van der Waals surface area contributed by atoms with Crippen molar-refractivity contribution >= 4 is 10.0 Å². The molecule has 0 atom stereocenters. The van der Waals surface area contributed by atoms with Crippen LogP contribution in [0.25, 0.3) is 0 Å². The van der Waals surface area contributed by atoms with Gasteiger partial charge in [-0.2, -0.15) is 0 Å². The van der Waals surface area contributed by atoms with Gasteiger partial charge >= 0.3 is 0 Å². The Hall–Kier alpha value is -2.35. The molecule has 0 fully saturated rings. The van der Waals surface area contributed by atoms with Crippen LogP contribution in [0, 0.1) is 0 Å². The van der Waals surface area contributed by atoms with Gasteiger partial charge in [0.15, 0.2) is 0 Å². The summed E-state index contributed by atoms with van der Waals surface area (Å²) < 4.78 is 36.9. The van der Waals surface area contributed by atoms with Crippen molar-refractivity contribution in [2.45, 2.75) is 24.5 Å². The second kappa shape index (κ2) is 7.90. The first-order valence-corrected chi connectivity index (χ1v) is 9.68. The standard InChI is InChI=1S/C19H22N2O4S/c1-20(2)26(22,23)19-9-3-6-16(12-19)13-21(14-17-7-4-10-24-17)15-18-8-5-11-25-18/h3-12H,13-15H2,1-2H3. The fraction of sp³-hybridized carbons (Fsp3) is 0.263. The maximum absolute atomic E-state index is 12.4.